The largest absolute Gasteiger partial charge is 0.508 e. The fraction of sp³-hybridized carbons (Fsp3) is 0.536. The highest BCUT2D eigenvalue weighted by atomic mass is 35.5. The maximum atomic E-state index is 16.4. The summed E-state index contributed by atoms with van der Waals surface area (Å²) in [7, 11) is 0. The second-order valence-corrected chi connectivity index (χ2v) is 11.6. The maximum absolute atomic E-state index is 16.4. The third-order valence-corrected chi connectivity index (χ3v) is 8.87. The van der Waals surface area contributed by atoms with Gasteiger partial charge in [0.15, 0.2) is 5.82 Å². The average molecular weight is 596 g/mol. The molecule has 4 aliphatic rings. The molecule has 0 amide bonds. The van der Waals surface area contributed by atoms with Gasteiger partial charge in [0.1, 0.15) is 29.3 Å². The number of fused-ring (bicyclic) bond motifs is 4. The maximum Gasteiger partial charge on any atom is 0.418 e. The van der Waals surface area contributed by atoms with Crippen LogP contribution in [-0.2, 0) is 10.9 Å². The van der Waals surface area contributed by atoms with E-state index < -0.39 is 57.7 Å². The van der Waals surface area contributed by atoms with Gasteiger partial charge in [-0.05, 0) is 63.7 Å². The van der Waals surface area contributed by atoms with Gasteiger partial charge in [0.25, 0.3) is 0 Å². The second kappa shape index (κ2) is 9.81. The summed E-state index contributed by atoms with van der Waals surface area (Å²) in [5.74, 6) is -1.58. The van der Waals surface area contributed by atoms with E-state index in [9.17, 15) is 18.3 Å². The number of phenolic OH excluding ortho intramolecular Hbond substituents is 1. The SMILES string of the molecule is [2H]C([2H])(Oc1nc(N2CC3CCC(C2)O3)c2cnc(-c3cc(O)cc(Cl)c3C(F)(F)F)c(F)c2n1)C12CCCN1CCC2. The number of phenols is 1. The van der Waals surface area contributed by atoms with Crippen molar-refractivity contribution in [1.82, 2.24) is 19.9 Å². The van der Waals surface area contributed by atoms with Gasteiger partial charge in [0.05, 0.1) is 36.5 Å². The predicted octanol–water partition coefficient (Wildman–Crippen LogP) is 5.58. The molecule has 7 rings (SSSR count). The number of morpholine rings is 1. The molecule has 8 nitrogen and oxygen atoms in total. The van der Waals surface area contributed by atoms with Crippen LogP contribution in [0.3, 0.4) is 0 Å². The summed E-state index contributed by atoms with van der Waals surface area (Å²) in [6.07, 6.45) is 0.489. The number of benzene rings is 1. The molecule has 218 valence electrons. The molecule has 6 heterocycles. The van der Waals surface area contributed by atoms with E-state index in [0.717, 1.165) is 50.9 Å². The fourth-order valence-electron chi connectivity index (χ4n) is 6.76. The molecule has 0 saturated carbocycles. The zero-order chi connectivity index (χ0) is 30.3. The van der Waals surface area contributed by atoms with Gasteiger partial charge in [-0.15, -0.1) is 0 Å². The summed E-state index contributed by atoms with van der Waals surface area (Å²) in [5, 5.41) is 9.36. The third kappa shape index (κ3) is 4.64. The molecule has 0 radical (unpaired) electrons. The highest BCUT2D eigenvalue weighted by Gasteiger charge is 2.45. The molecule has 4 aliphatic heterocycles. The summed E-state index contributed by atoms with van der Waals surface area (Å²) < 4.78 is 88.3. The minimum absolute atomic E-state index is 0.0788. The molecule has 0 spiro atoms. The summed E-state index contributed by atoms with van der Waals surface area (Å²) in [6, 6.07) is 1.04. The Hall–Kier alpha value is -2.96. The van der Waals surface area contributed by atoms with Crippen LogP contribution in [0.2, 0.25) is 5.02 Å². The molecule has 2 aromatic heterocycles. The number of aromatic hydroxyl groups is 1. The monoisotopic (exact) mass is 595 g/mol. The van der Waals surface area contributed by atoms with Crippen LogP contribution in [0.15, 0.2) is 18.3 Å². The molecule has 0 aliphatic carbocycles. The van der Waals surface area contributed by atoms with Crippen LogP contribution >= 0.6 is 11.6 Å². The summed E-state index contributed by atoms with van der Waals surface area (Å²) in [6.45, 7) is 0.0955. The van der Waals surface area contributed by atoms with E-state index in [4.69, 9.17) is 23.8 Å². The summed E-state index contributed by atoms with van der Waals surface area (Å²) in [4.78, 5) is 16.8. The Balaban J connectivity index is 1.39. The molecule has 2 bridgehead atoms. The first-order valence-electron chi connectivity index (χ1n) is 14.7. The first-order chi connectivity index (χ1) is 20.4. The van der Waals surface area contributed by atoms with Crippen molar-refractivity contribution < 1.29 is 34.9 Å². The van der Waals surface area contributed by atoms with Gasteiger partial charge >= 0.3 is 12.2 Å². The Labute approximate surface area is 241 Å². The van der Waals surface area contributed by atoms with Crippen LogP contribution in [0.25, 0.3) is 22.2 Å². The van der Waals surface area contributed by atoms with Crippen molar-refractivity contribution in [3.63, 3.8) is 0 Å². The van der Waals surface area contributed by atoms with Crippen LogP contribution < -0.4 is 9.64 Å². The Bertz CT molecular complexity index is 1590. The summed E-state index contributed by atoms with van der Waals surface area (Å²) in [5.41, 5.74) is -4.11. The zero-order valence-electron chi connectivity index (χ0n) is 23.8. The van der Waals surface area contributed by atoms with Gasteiger partial charge in [-0.1, -0.05) is 11.6 Å². The molecule has 1 aromatic carbocycles. The Kier molecular flexibility index (Phi) is 5.89. The third-order valence-electron chi connectivity index (χ3n) is 8.57. The number of hydrogen-bond acceptors (Lipinski definition) is 8. The number of alkyl halides is 3. The van der Waals surface area contributed by atoms with E-state index in [2.05, 4.69) is 19.9 Å². The van der Waals surface area contributed by atoms with Crippen LogP contribution in [0.4, 0.5) is 23.4 Å². The van der Waals surface area contributed by atoms with Gasteiger partial charge in [0, 0.05) is 24.8 Å². The Morgan fingerprint density at radius 2 is 1.85 bits per heavy atom. The number of aromatic nitrogens is 3. The molecule has 2 atom stereocenters. The van der Waals surface area contributed by atoms with Crippen molar-refractivity contribution in [1.29, 1.82) is 0 Å². The highest BCUT2D eigenvalue weighted by Crippen LogP contribution is 2.45. The first kappa shape index (κ1) is 24.6. The lowest BCUT2D eigenvalue weighted by molar-refractivity contribution is -0.137. The molecule has 2 unspecified atom stereocenters. The number of nitrogens with zero attached hydrogens (tertiary/aromatic N) is 5. The van der Waals surface area contributed by atoms with Crippen molar-refractivity contribution in [2.24, 2.45) is 0 Å². The van der Waals surface area contributed by atoms with E-state index in [1.54, 1.807) is 0 Å². The molecule has 4 fully saturated rings. The lowest BCUT2D eigenvalue weighted by Crippen LogP contribution is -2.44. The molecule has 3 aromatic rings. The van der Waals surface area contributed by atoms with Crippen LogP contribution in [0.5, 0.6) is 11.8 Å². The van der Waals surface area contributed by atoms with Crippen molar-refractivity contribution >= 4 is 28.3 Å². The predicted molar refractivity (Wildman–Crippen MR) is 143 cm³/mol. The quantitative estimate of drug-likeness (QED) is 0.383. The van der Waals surface area contributed by atoms with Crippen LogP contribution in [0.1, 0.15) is 46.8 Å². The van der Waals surface area contributed by atoms with E-state index in [0.29, 0.717) is 25.9 Å². The minimum atomic E-state index is -4.98. The van der Waals surface area contributed by atoms with Crippen LogP contribution in [-0.4, -0.2) is 75.4 Å². The number of hydrogen-bond donors (Lipinski definition) is 1. The number of pyridine rings is 1. The van der Waals surface area contributed by atoms with Crippen molar-refractivity contribution in [2.75, 3.05) is 37.6 Å². The van der Waals surface area contributed by atoms with Crippen molar-refractivity contribution in [3.05, 3.63) is 34.7 Å². The standard InChI is InChI=1S/C28H28ClF4N5O3/c29-20-10-15(39)9-18(21(20)28(31,32)33)23-22(30)24-19(11-34-23)25(37-12-16-3-4-17(13-37)41-16)36-26(35-24)40-14-27-5-1-7-38(27)8-2-6-27/h9-11,16-17,39H,1-8,12-14H2/i14D2. The molecular weight excluding hydrogens is 566 g/mol. The normalized spacial score (nSPS) is 25.0. The topological polar surface area (TPSA) is 83.8 Å². The number of anilines is 1. The lowest BCUT2D eigenvalue weighted by atomic mass is 9.95. The molecular formula is C28H28ClF4N5O3. The van der Waals surface area contributed by atoms with Crippen molar-refractivity contribution in [3.8, 4) is 23.0 Å². The van der Waals surface area contributed by atoms with E-state index in [1.807, 2.05) is 4.90 Å². The smallest absolute Gasteiger partial charge is 0.418 e. The molecule has 41 heavy (non-hydrogen) atoms. The molecule has 13 heteroatoms. The van der Waals surface area contributed by atoms with Crippen LogP contribution in [0, 0.1) is 5.82 Å². The molecule has 1 N–H and O–H groups in total. The van der Waals surface area contributed by atoms with Gasteiger partial charge in [-0.3, -0.25) is 9.88 Å². The fourth-order valence-corrected chi connectivity index (χ4v) is 7.08. The Morgan fingerprint density at radius 1 is 1.15 bits per heavy atom. The van der Waals surface area contributed by atoms with Crippen molar-refractivity contribution in [2.45, 2.75) is 62.4 Å². The minimum Gasteiger partial charge on any atom is -0.508 e. The zero-order valence-corrected chi connectivity index (χ0v) is 22.6. The summed E-state index contributed by atoms with van der Waals surface area (Å²) >= 11 is 5.86. The van der Waals surface area contributed by atoms with Gasteiger partial charge in [-0.25, -0.2) is 4.39 Å². The van der Waals surface area contributed by atoms with E-state index in [-0.39, 0.29) is 28.9 Å². The first-order valence-corrected chi connectivity index (χ1v) is 14.0. The number of halogens is 5. The van der Waals surface area contributed by atoms with E-state index >= 15 is 4.39 Å². The van der Waals surface area contributed by atoms with E-state index in [1.165, 1.54) is 6.20 Å². The van der Waals surface area contributed by atoms with Gasteiger partial charge in [-0.2, -0.15) is 23.1 Å². The lowest BCUT2D eigenvalue weighted by Gasteiger charge is -2.34. The highest BCUT2D eigenvalue weighted by molar-refractivity contribution is 6.32. The average Bonchev–Trinajstić information content (AvgIpc) is 3.62. The Morgan fingerprint density at radius 3 is 2.54 bits per heavy atom. The molecule has 4 saturated heterocycles. The van der Waals surface area contributed by atoms with Gasteiger partial charge in [0.2, 0.25) is 0 Å². The number of rotatable bonds is 5. The van der Waals surface area contributed by atoms with Gasteiger partial charge < -0.3 is 19.5 Å². The second-order valence-electron chi connectivity index (χ2n) is 11.2. The number of ether oxygens (including phenoxy) is 2.